The second-order valence-corrected chi connectivity index (χ2v) is 4.66. The Morgan fingerprint density at radius 3 is 2.63 bits per heavy atom. The second kappa shape index (κ2) is 6.76. The number of hydrogen-bond acceptors (Lipinski definition) is 2. The SMILES string of the molecule is CC#CC(CN)N=C1C=CC(C(C)C(F)(F)F)CC1. The molecule has 0 amide bonds. The molecule has 0 spiro atoms. The second-order valence-electron chi connectivity index (χ2n) is 4.66. The molecule has 3 atom stereocenters. The van der Waals surface area contributed by atoms with Gasteiger partial charge in [0.15, 0.2) is 0 Å². The minimum Gasteiger partial charge on any atom is -0.328 e. The van der Waals surface area contributed by atoms with Gasteiger partial charge in [-0.25, -0.2) is 0 Å². The molecule has 3 unspecified atom stereocenters. The molecule has 0 aromatic carbocycles. The minimum absolute atomic E-state index is 0.263. The van der Waals surface area contributed by atoms with E-state index in [1.807, 2.05) is 0 Å². The molecular formula is C14H19F3N2. The molecule has 0 radical (unpaired) electrons. The van der Waals surface area contributed by atoms with Crippen LogP contribution in [-0.2, 0) is 0 Å². The van der Waals surface area contributed by atoms with Gasteiger partial charge >= 0.3 is 6.18 Å². The molecule has 1 rings (SSSR count). The van der Waals surface area contributed by atoms with Gasteiger partial charge in [0.2, 0.25) is 0 Å². The molecule has 0 bridgehead atoms. The van der Waals surface area contributed by atoms with E-state index in [1.54, 1.807) is 19.1 Å². The average molecular weight is 272 g/mol. The van der Waals surface area contributed by atoms with Crippen molar-refractivity contribution in [2.45, 2.75) is 38.9 Å². The van der Waals surface area contributed by atoms with E-state index < -0.39 is 18.0 Å². The van der Waals surface area contributed by atoms with Gasteiger partial charge in [0.1, 0.15) is 6.04 Å². The van der Waals surface area contributed by atoms with Crippen molar-refractivity contribution in [2.24, 2.45) is 22.6 Å². The first-order chi connectivity index (χ1) is 8.88. The van der Waals surface area contributed by atoms with Gasteiger partial charge < -0.3 is 5.73 Å². The summed E-state index contributed by atoms with van der Waals surface area (Å²) >= 11 is 0. The van der Waals surface area contributed by atoms with E-state index in [0.29, 0.717) is 19.4 Å². The third kappa shape index (κ3) is 4.71. The Hall–Kier alpha value is -1.28. The Morgan fingerprint density at radius 2 is 2.21 bits per heavy atom. The van der Waals surface area contributed by atoms with Crippen molar-refractivity contribution in [2.75, 3.05) is 6.54 Å². The van der Waals surface area contributed by atoms with Crippen molar-refractivity contribution in [3.8, 4) is 11.8 Å². The maximum atomic E-state index is 12.6. The molecule has 0 aliphatic heterocycles. The molecule has 106 valence electrons. The maximum absolute atomic E-state index is 12.6. The number of allylic oxidation sites excluding steroid dienone is 2. The molecule has 0 aromatic rings. The Bertz CT molecular complexity index is 413. The van der Waals surface area contributed by atoms with Gasteiger partial charge in [0.25, 0.3) is 0 Å². The molecular weight excluding hydrogens is 253 g/mol. The van der Waals surface area contributed by atoms with Gasteiger partial charge in [-0.15, -0.1) is 5.92 Å². The number of rotatable bonds is 3. The lowest BCUT2D eigenvalue weighted by molar-refractivity contribution is -0.179. The summed E-state index contributed by atoms with van der Waals surface area (Å²) in [6.45, 7) is 3.25. The first-order valence-corrected chi connectivity index (χ1v) is 6.32. The Kier molecular flexibility index (Phi) is 5.61. The van der Waals surface area contributed by atoms with Crippen LogP contribution in [0.1, 0.15) is 26.7 Å². The van der Waals surface area contributed by atoms with Gasteiger partial charge in [-0.2, -0.15) is 13.2 Å². The Labute approximate surface area is 112 Å². The van der Waals surface area contributed by atoms with E-state index in [9.17, 15) is 13.2 Å². The van der Waals surface area contributed by atoms with Crippen LogP contribution in [0.5, 0.6) is 0 Å². The third-order valence-corrected chi connectivity index (χ3v) is 3.28. The van der Waals surface area contributed by atoms with Gasteiger partial charge in [0.05, 0.1) is 5.92 Å². The first-order valence-electron chi connectivity index (χ1n) is 6.32. The van der Waals surface area contributed by atoms with Crippen LogP contribution >= 0.6 is 0 Å². The summed E-state index contributed by atoms with van der Waals surface area (Å²) in [6, 6.07) is -0.263. The molecule has 5 heteroatoms. The van der Waals surface area contributed by atoms with E-state index in [4.69, 9.17) is 5.73 Å². The van der Waals surface area contributed by atoms with E-state index in [2.05, 4.69) is 16.8 Å². The predicted octanol–water partition coefficient (Wildman–Crippen LogP) is 2.94. The predicted molar refractivity (Wildman–Crippen MR) is 70.8 cm³/mol. The molecule has 19 heavy (non-hydrogen) atoms. The summed E-state index contributed by atoms with van der Waals surface area (Å²) in [5.74, 6) is 3.83. The third-order valence-electron chi connectivity index (χ3n) is 3.28. The molecule has 0 heterocycles. The largest absolute Gasteiger partial charge is 0.392 e. The van der Waals surface area contributed by atoms with Crippen molar-refractivity contribution in [3.05, 3.63) is 12.2 Å². The van der Waals surface area contributed by atoms with E-state index in [1.165, 1.54) is 6.92 Å². The quantitative estimate of drug-likeness (QED) is 0.788. The van der Waals surface area contributed by atoms with E-state index >= 15 is 0 Å². The zero-order chi connectivity index (χ0) is 14.5. The van der Waals surface area contributed by atoms with Gasteiger partial charge in [0, 0.05) is 12.3 Å². The number of nitrogens with zero attached hydrogens (tertiary/aromatic N) is 1. The van der Waals surface area contributed by atoms with Crippen LogP contribution in [0.25, 0.3) is 0 Å². The maximum Gasteiger partial charge on any atom is 0.392 e. The highest BCUT2D eigenvalue weighted by molar-refractivity contribution is 5.96. The molecule has 0 fully saturated rings. The van der Waals surface area contributed by atoms with Crippen LogP contribution in [0.15, 0.2) is 17.1 Å². The molecule has 0 saturated heterocycles. The molecule has 0 aromatic heterocycles. The standard InChI is InChI=1S/C14H19F3N2/c1-3-4-13(9-18)19-12-7-5-11(6-8-12)10(2)14(15,16)17/h5,7,10-11,13H,6,8-9,18H2,1-2H3. The molecule has 2 N–H and O–H groups in total. The highest BCUT2D eigenvalue weighted by atomic mass is 19.4. The molecule has 1 aliphatic carbocycles. The van der Waals surface area contributed by atoms with Gasteiger partial charge in [-0.1, -0.05) is 18.9 Å². The number of nitrogens with two attached hydrogens (primary N) is 1. The fourth-order valence-corrected chi connectivity index (χ4v) is 2.01. The summed E-state index contributed by atoms with van der Waals surface area (Å²) < 4.78 is 37.8. The summed E-state index contributed by atoms with van der Waals surface area (Å²) in [4.78, 5) is 4.35. The monoisotopic (exact) mass is 272 g/mol. The molecule has 2 nitrogen and oxygen atoms in total. The summed E-state index contributed by atoms with van der Waals surface area (Å²) in [7, 11) is 0. The lowest BCUT2D eigenvalue weighted by Crippen LogP contribution is -2.29. The minimum atomic E-state index is -4.14. The van der Waals surface area contributed by atoms with Crippen LogP contribution in [-0.4, -0.2) is 24.5 Å². The fraction of sp³-hybridized carbons (Fsp3) is 0.643. The summed E-state index contributed by atoms with van der Waals surface area (Å²) in [6.07, 6.45) is 0.150. The first kappa shape index (κ1) is 15.8. The normalized spacial score (nSPS) is 24.7. The van der Waals surface area contributed by atoms with Crippen molar-refractivity contribution in [1.29, 1.82) is 0 Å². The summed E-state index contributed by atoms with van der Waals surface area (Å²) in [5.41, 5.74) is 6.31. The van der Waals surface area contributed by atoms with Crippen LogP contribution in [0, 0.1) is 23.7 Å². The van der Waals surface area contributed by atoms with E-state index in [-0.39, 0.29) is 6.04 Å². The number of halogens is 3. The Morgan fingerprint density at radius 1 is 1.53 bits per heavy atom. The van der Waals surface area contributed by atoms with Crippen LogP contribution in [0.3, 0.4) is 0 Å². The zero-order valence-corrected chi connectivity index (χ0v) is 11.2. The Balaban J connectivity index is 2.72. The number of hydrogen-bond donors (Lipinski definition) is 1. The van der Waals surface area contributed by atoms with Crippen molar-refractivity contribution in [1.82, 2.24) is 0 Å². The number of aliphatic imine (C=N–C) groups is 1. The van der Waals surface area contributed by atoms with Gasteiger partial charge in [-0.3, -0.25) is 4.99 Å². The average Bonchev–Trinajstić information content (AvgIpc) is 2.37. The van der Waals surface area contributed by atoms with Crippen LogP contribution < -0.4 is 5.73 Å². The van der Waals surface area contributed by atoms with Crippen molar-refractivity contribution >= 4 is 5.71 Å². The van der Waals surface area contributed by atoms with E-state index in [0.717, 1.165) is 5.71 Å². The zero-order valence-electron chi connectivity index (χ0n) is 11.2. The summed E-state index contributed by atoms with van der Waals surface area (Å²) in [5, 5.41) is 0. The van der Waals surface area contributed by atoms with Crippen LogP contribution in [0.2, 0.25) is 0 Å². The van der Waals surface area contributed by atoms with Crippen molar-refractivity contribution < 1.29 is 13.2 Å². The number of alkyl halides is 3. The molecule has 0 saturated carbocycles. The fourth-order valence-electron chi connectivity index (χ4n) is 2.01. The highest BCUT2D eigenvalue weighted by Crippen LogP contribution is 2.36. The van der Waals surface area contributed by atoms with Crippen molar-refractivity contribution in [3.63, 3.8) is 0 Å². The lowest BCUT2D eigenvalue weighted by atomic mass is 9.84. The smallest absolute Gasteiger partial charge is 0.328 e. The van der Waals surface area contributed by atoms with Crippen LogP contribution in [0.4, 0.5) is 13.2 Å². The topological polar surface area (TPSA) is 38.4 Å². The lowest BCUT2D eigenvalue weighted by Gasteiger charge is -2.26. The highest BCUT2D eigenvalue weighted by Gasteiger charge is 2.40. The van der Waals surface area contributed by atoms with Gasteiger partial charge in [-0.05, 0) is 31.8 Å². The molecule has 1 aliphatic rings.